The fraction of sp³-hybridized carbons (Fsp3) is 0.583. The van der Waals surface area contributed by atoms with Gasteiger partial charge in [-0.3, -0.25) is 0 Å². The first-order valence-corrected chi connectivity index (χ1v) is 7.03. The number of piperazine rings is 1. The summed E-state index contributed by atoms with van der Waals surface area (Å²) in [7, 11) is 0. The third-order valence-electron chi connectivity index (χ3n) is 2.87. The number of aromatic nitrogens is 1. The Bertz CT molecular complexity index is 405. The van der Waals surface area contributed by atoms with Gasteiger partial charge in [-0.15, -0.1) is 0 Å². The van der Waals surface area contributed by atoms with Crippen molar-refractivity contribution < 1.29 is 0 Å². The maximum atomic E-state index is 6.23. The molecule has 1 aliphatic heterocycles. The molecule has 1 fully saturated rings. The largest absolute Gasteiger partial charge is 0.369 e. The molecule has 4 nitrogen and oxygen atoms in total. The number of hydrogen-bond acceptors (Lipinski definition) is 4. The van der Waals surface area contributed by atoms with Crippen LogP contribution in [0.25, 0.3) is 0 Å². The highest BCUT2D eigenvalue weighted by Crippen LogP contribution is 2.31. The number of nitrogens with one attached hydrogen (secondary N) is 2. The van der Waals surface area contributed by atoms with Gasteiger partial charge in [-0.05, 0) is 12.5 Å². The summed E-state index contributed by atoms with van der Waals surface area (Å²) in [6.07, 6.45) is 1.03. The third-order valence-corrected chi connectivity index (χ3v) is 3.44. The quantitative estimate of drug-likeness (QED) is 0.894. The summed E-state index contributed by atoms with van der Waals surface area (Å²) in [5, 5.41) is 7.73. The van der Waals surface area contributed by atoms with Crippen molar-refractivity contribution in [2.45, 2.75) is 13.3 Å². The van der Waals surface area contributed by atoms with Gasteiger partial charge in [0.1, 0.15) is 11.6 Å². The second-order valence-electron chi connectivity index (χ2n) is 4.29. The van der Waals surface area contributed by atoms with Crippen LogP contribution in [0.15, 0.2) is 6.07 Å². The van der Waals surface area contributed by atoms with E-state index in [-0.39, 0.29) is 0 Å². The van der Waals surface area contributed by atoms with Gasteiger partial charge < -0.3 is 15.5 Å². The van der Waals surface area contributed by atoms with Crippen molar-refractivity contribution in [3.05, 3.63) is 16.1 Å². The predicted molar refractivity (Wildman–Crippen MR) is 78.1 cm³/mol. The van der Waals surface area contributed by atoms with Crippen molar-refractivity contribution in [2.75, 3.05) is 42.9 Å². The molecular weight excluding hydrogens is 271 g/mol. The van der Waals surface area contributed by atoms with Crippen LogP contribution in [0.3, 0.4) is 0 Å². The van der Waals surface area contributed by atoms with Gasteiger partial charge in [0.05, 0.1) is 10.0 Å². The fourth-order valence-corrected chi connectivity index (χ4v) is 2.47. The molecular formula is C12H18Cl2N4. The Hall–Kier alpha value is -0.710. The van der Waals surface area contributed by atoms with Crippen LogP contribution in [-0.2, 0) is 0 Å². The zero-order chi connectivity index (χ0) is 13.0. The SMILES string of the molecule is CCCNc1nc(N2CCNCC2)c(Cl)cc1Cl. The topological polar surface area (TPSA) is 40.2 Å². The van der Waals surface area contributed by atoms with Crippen molar-refractivity contribution in [3.63, 3.8) is 0 Å². The van der Waals surface area contributed by atoms with Gasteiger partial charge in [0.15, 0.2) is 0 Å². The van der Waals surface area contributed by atoms with Crippen LogP contribution in [-0.4, -0.2) is 37.7 Å². The number of pyridine rings is 1. The average Bonchev–Trinajstić information content (AvgIpc) is 2.39. The van der Waals surface area contributed by atoms with Crippen LogP contribution in [0.2, 0.25) is 10.0 Å². The van der Waals surface area contributed by atoms with Crippen LogP contribution < -0.4 is 15.5 Å². The van der Waals surface area contributed by atoms with Gasteiger partial charge in [-0.2, -0.15) is 0 Å². The van der Waals surface area contributed by atoms with Crippen LogP contribution in [0.5, 0.6) is 0 Å². The van der Waals surface area contributed by atoms with Gasteiger partial charge >= 0.3 is 0 Å². The Kier molecular flexibility index (Phi) is 4.92. The van der Waals surface area contributed by atoms with Crippen molar-refractivity contribution in [2.24, 2.45) is 0 Å². The molecule has 1 saturated heterocycles. The number of anilines is 2. The fourth-order valence-electron chi connectivity index (χ4n) is 1.92. The summed E-state index contributed by atoms with van der Waals surface area (Å²) in [5.41, 5.74) is 0. The molecule has 1 aromatic heterocycles. The molecule has 2 N–H and O–H groups in total. The van der Waals surface area contributed by atoms with Gasteiger partial charge in [-0.25, -0.2) is 4.98 Å². The lowest BCUT2D eigenvalue weighted by Crippen LogP contribution is -2.44. The first-order chi connectivity index (χ1) is 8.72. The van der Waals surface area contributed by atoms with E-state index in [0.717, 1.165) is 50.8 Å². The van der Waals surface area contributed by atoms with E-state index in [1.165, 1.54) is 0 Å². The van der Waals surface area contributed by atoms with E-state index >= 15 is 0 Å². The van der Waals surface area contributed by atoms with Crippen LogP contribution in [0, 0.1) is 0 Å². The molecule has 1 aromatic rings. The first kappa shape index (κ1) is 13.7. The molecule has 0 bridgehead atoms. The Labute approximate surface area is 118 Å². The smallest absolute Gasteiger partial charge is 0.150 e. The standard InChI is InChI=1S/C12H18Cl2N4/c1-2-3-16-11-9(13)8-10(14)12(17-11)18-6-4-15-5-7-18/h8,15H,2-7H2,1H3,(H,16,17). The molecule has 0 amide bonds. The van der Waals surface area contributed by atoms with Gasteiger partial charge in [0.2, 0.25) is 0 Å². The molecule has 2 rings (SSSR count). The first-order valence-electron chi connectivity index (χ1n) is 6.28. The van der Waals surface area contributed by atoms with Gasteiger partial charge in [0, 0.05) is 32.7 Å². The molecule has 1 aliphatic rings. The second-order valence-corrected chi connectivity index (χ2v) is 5.10. The maximum absolute atomic E-state index is 6.23. The summed E-state index contributed by atoms with van der Waals surface area (Å²) in [4.78, 5) is 6.74. The summed E-state index contributed by atoms with van der Waals surface area (Å²) < 4.78 is 0. The molecule has 0 unspecified atom stereocenters. The third kappa shape index (κ3) is 3.19. The minimum Gasteiger partial charge on any atom is -0.369 e. The molecule has 6 heteroatoms. The number of hydrogen-bond donors (Lipinski definition) is 2. The van der Waals surface area contributed by atoms with E-state index in [1.807, 2.05) is 0 Å². The van der Waals surface area contributed by atoms with Gasteiger partial charge in [0.25, 0.3) is 0 Å². The number of rotatable bonds is 4. The predicted octanol–water partition coefficient (Wildman–Crippen LogP) is 2.62. The molecule has 0 aromatic carbocycles. The minimum atomic E-state index is 0.576. The molecule has 0 aliphatic carbocycles. The van der Waals surface area contributed by atoms with E-state index < -0.39 is 0 Å². The summed E-state index contributed by atoms with van der Waals surface area (Å²) in [6, 6.07) is 1.77. The van der Waals surface area contributed by atoms with Crippen LogP contribution >= 0.6 is 23.2 Å². The van der Waals surface area contributed by atoms with E-state index in [9.17, 15) is 0 Å². The molecule has 100 valence electrons. The van der Waals surface area contributed by atoms with Crippen molar-refractivity contribution in [1.82, 2.24) is 10.3 Å². The number of halogens is 2. The Morgan fingerprint density at radius 2 is 2.06 bits per heavy atom. The average molecular weight is 289 g/mol. The minimum absolute atomic E-state index is 0.576. The van der Waals surface area contributed by atoms with Crippen molar-refractivity contribution in [1.29, 1.82) is 0 Å². The summed E-state index contributed by atoms with van der Waals surface area (Å²) in [5.74, 6) is 1.54. The Morgan fingerprint density at radius 1 is 1.33 bits per heavy atom. The molecule has 18 heavy (non-hydrogen) atoms. The highest BCUT2D eigenvalue weighted by molar-refractivity contribution is 6.37. The second kappa shape index (κ2) is 6.45. The molecule has 2 heterocycles. The lowest BCUT2D eigenvalue weighted by Gasteiger charge is -2.29. The Balaban J connectivity index is 2.22. The van der Waals surface area contributed by atoms with E-state index in [2.05, 4.69) is 27.4 Å². The molecule has 0 radical (unpaired) electrons. The van der Waals surface area contributed by atoms with E-state index in [0.29, 0.717) is 10.0 Å². The molecule has 0 spiro atoms. The lowest BCUT2D eigenvalue weighted by molar-refractivity contribution is 0.585. The lowest BCUT2D eigenvalue weighted by atomic mass is 10.3. The summed E-state index contributed by atoms with van der Waals surface area (Å²) >= 11 is 12.4. The molecule has 0 saturated carbocycles. The van der Waals surface area contributed by atoms with Crippen molar-refractivity contribution >= 4 is 34.8 Å². The molecule has 0 atom stereocenters. The van der Waals surface area contributed by atoms with Crippen LogP contribution in [0.4, 0.5) is 11.6 Å². The van der Waals surface area contributed by atoms with Crippen molar-refractivity contribution in [3.8, 4) is 0 Å². The van der Waals surface area contributed by atoms with E-state index in [4.69, 9.17) is 23.2 Å². The van der Waals surface area contributed by atoms with Gasteiger partial charge in [-0.1, -0.05) is 30.1 Å². The zero-order valence-electron chi connectivity index (χ0n) is 10.5. The number of nitrogens with zero attached hydrogens (tertiary/aromatic N) is 2. The summed E-state index contributed by atoms with van der Waals surface area (Å²) in [6.45, 7) is 6.71. The van der Waals surface area contributed by atoms with E-state index in [1.54, 1.807) is 6.07 Å². The monoisotopic (exact) mass is 288 g/mol. The maximum Gasteiger partial charge on any atom is 0.150 e. The van der Waals surface area contributed by atoms with Crippen LogP contribution in [0.1, 0.15) is 13.3 Å². The highest BCUT2D eigenvalue weighted by atomic mass is 35.5. The Morgan fingerprint density at radius 3 is 2.72 bits per heavy atom. The normalized spacial score (nSPS) is 15.8. The highest BCUT2D eigenvalue weighted by Gasteiger charge is 2.17. The zero-order valence-corrected chi connectivity index (χ0v) is 12.0.